The van der Waals surface area contributed by atoms with E-state index in [0.29, 0.717) is 6.04 Å². The molecule has 1 aliphatic rings. The minimum Gasteiger partial charge on any atom is -0.363 e. The van der Waals surface area contributed by atoms with Gasteiger partial charge >= 0.3 is 0 Å². The summed E-state index contributed by atoms with van der Waals surface area (Å²) in [4.78, 5) is 4.36. The van der Waals surface area contributed by atoms with Crippen LogP contribution in [0.1, 0.15) is 23.6 Å². The van der Waals surface area contributed by atoms with E-state index in [-0.39, 0.29) is 0 Å². The summed E-state index contributed by atoms with van der Waals surface area (Å²) in [5.41, 5.74) is 2.87. The standard InChI is InChI=1S/C14H13BrN2/c15-11-6-8-14(16-9-11)17-13-7-5-10-3-1-2-4-12(10)13/h1-4,6,8-9,13H,5,7H2,(H,16,17). The highest BCUT2D eigenvalue weighted by Crippen LogP contribution is 2.33. The van der Waals surface area contributed by atoms with E-state index in [0.717, 1.165) is 23.1 Å². The smallest absolute Gasteiger partial charge is 0.126 e. The number of nitrogens with one attached hydrogen (secondary N) is 1. The summed E-state index contributed by atoms with van der Waals surface area (Å²) in [6.45, 7) is 0. The molecule has 1 N–H and O–H groups in total. The molecule has 2 nitrogen and oxygen atoms in total. The third kappa shape index (κ3) is 2.20. The summed E-state index contributed by atoms with van der Waals surface area (Å²) >= 11 is 3.39. The van der Waals surface area contributed by atoms with Gasteiger partial charge in [-0.15, -0.1) is 0 Å². The molecule has 1 aromatic carbocycles. The van der Waals surface area contributed by atoms with Crippen LogP contribution in [0.2, 0.25) is 0 Å². The lowest BCUT2D eigenvalue weighted by molar-refractivity contribution is 0.757. The molecule has 86 valence electrons. The lowest BCUT2D eigenvalue weighted by Crippen LogP contribution is -2.07. The zero-order valence-corrected chi connectivity index (χ0v) is 10.9. The summed E-state index contributed by atoms with van der Waals surface area (Å²) in [7, 11) is 0. The Morgan fingerprint density at radius 2 is 2.06 bits per heavy atom. The van der Waals surface area contributed by atoms with E-state index in [9.17, 15) is 0 Å². The van der Waals surface area contributed by atoms with Crippen LogP contribution in [0, 0.1) is 0 Å². The van der Waals surface area contributed by atoms with Crippen molar-refractivity contribution in [1.82, 2.24) is 4.98 Å². The maximum atomic E-state index is 4.36. The number of nitrogens with zero attached hydrogens (tertiary/aromatic N) is 1. The number of rotatable bonds is 2. The zero-order chi connectivity index (χ0) is 11.7. The molecule has 3 heteroatoms. The number of aryl methyl sites for hydroxylation is 1. The van der Waals surface area contributed by atoms with Gasteiger partial charge in [-0.3, -0.25) is 0 Å². The molecule has 1 aromatic heterocycles. The Balaban J connectivity index is 1.81. The lowest BCUT2D eigenvalue weighted by Gasteiger charge is -2.14. The Morgan fingerprint density at radius 1 is 1.18 bits per heavy atom. The summed E-state index contributed by atoms with van der Waals surface area (Å²) in [6, 6.07) is 13.1. The minimum absolute atomic E-state index is 0.403. The van der Waals surface area contributed by atoms with Crippen LogP contribution in [-0.2, 0) is 6.42 Å². The Kier molecular flexibility index (Phi) is 2.85. The van der Waals surface area contributed by atoms with Crippen LogP contribution in [0.3, 0.4) is 0 Å². The first-order valence-electron chi connectivity index (χ1n) is 5.79. The quantitative estimate of drug-likeness (QED) is 0.905. The number of halogens is 1. The van der Waals surface area contributed by atoms with Crippen molar-refractivity contribution in [2.45, 2.75) is 18.9 Å². The summed E-state index contributed by atoms with van der Waals surface area (Å²) in [5, 5.41) is 3.49. The monoisotopic (exact) mass is 288 g/mol. The first-order chi connectivity index (χ1) is 8.33. The van der Waals surface area contributed by atoms with Crippen LogP contribution < -0.4 is 5.32 Å². The largest absolute Gasteiger partial charge is 0.363 e. The molecule has 1 unspecified atom stereocenters. The molecular formula is C14H13BrN2. The molecule has 0 saturated carbocycles. The van der Waals surface area contributed by atoms with Crippen LogP contribution in [0.15, 0.2) is 47.1 Å². The van der Waals surface area contributed by atoms with Crippen LogP contribution in [0.25, 0.3) is 0 Å². The van der Waals surface area contributed by atoms with E-state index in [2.05, 4.69) is 50.5 Å². The molecule has 2 aromatic rings. The van der Waals surface area contributed by atoms with Gasteiger partial charge in [-0.2, -0.15) is 0 Å². The van der Waals surface area contributed by atoms with E-state index < -0.39 is 0 Å². The molecule has 0 fully saturated rings. The molecule has 0 saturated heterocycles. The zero-order valence-electron chi connectivity index (χ0n) is 9.36. The number of fused-ring (bicyclic) bond motifs is 1. The van der Waals surface area contributed by atoms with Gasteiger partial charge in [0, 0.05) is 10.7 Å². The Labute approximate surface area is 109 Å². The first-order valence-corrected chi connectivity index (χ1v) is 6.58. The molecule has 17 heavy (non-hydrogen) atoms. The van der Waals surface area contributed by atoms with E-state index >= 15 is 0 Å². The van der Waals surface area contributed by atoms with Gasteiger partial charge in [0.25, 0.3) is 0 Å². The van der Waals surface area contributed by atoms with Gasteiger partial charge in [-0.05, 0) is 52.0 Å². The van der Waals surface area contributed by atoms with Crippen LogP contribution in [0.4, 0.5) is 5.82 Å². The van der Waals surface area contributed by atoms with Gasteiger partial charge in [-0.25, -0.2) is 4.98 Å². The molecule has 3 rings (SSSR count). The second-order valence-corrected chi connectivity index (χ2v) is 5.21. The second-order valence-electron chi connectivity index (χ2n) is 4.30. The molecule has 0 radical (unpaired) electrons. The molecule has 0 aliphatic heterocycles. The van der Waals surface area contributed by atoms with Gasteiger partial charge in [0.15, 0.2) is 0 Å². The normalized spacial score (nSPS) is 17.8. The van der Waals surface area contributed by atoms with Crippen molar-refractivity contribution in [3.63, 3.8) is 0 Å². The van der Waals surface area contributed by atoms with Crippen molar-refractivity contribution >= 4 is 21.7 Å². The van der Waals surface area contributed by atoms with Gasteiger partial charge in [0.2, 0.25) is 0 Å². The van der Waals surface area contributed by atoms with Gasteiger partial charge < -0.3 is 5.32 Å². The fourth-order valence-corrected chi connectivity index (χ4v) is 2.58. The van der Waals surface area contributed by atoms with Gasteiger partial charge in [0.1, 0.15) is 5.82 Å². The Bertz CT molecular complexity index is 522. The average molecular weight is 289 g/mol. The molecule has 0 spiro atoms. The van der Waals surface area contributed by atoms with Crippen molar-refractivity contribution < 1.29 is 0 Å². The fraction of sp³-hybridized carbons (Fsp3) is 0.214. The van der Waals surface area contributed by atoms with E-state index in [4.69, 9.17) is 0 Å². The second kappa shape index (κ2) is 4.49. The third-order valence-corrected chi connectivity index (χ3v) is 3.65. The molecule has 1 aliphatic carbocycles. The molecule has 1 heterocycles. The van der Waals surface area contributed by atoms with Crippen molar-refractivity contribution in [2.24, 2.45) is 0 Å². The number of benzene rings is 1. The van der Waals surface area contributed by atoms with E-state index in [1.165, 1.54) is 11.1 Å². The van der Waals surface area contributed by atoms with Crippen molar-refractivity contribution in [3.8, 4) is 0 Å². The van der Waals surface area contributed by atoms with E-state index in [1.54, 1.807) is 0 Å². The number of hydrogen-bond acceptors (Lipinski definition) is 2. The summed E-state index contributed by atoms with van der Waals surface area (Å²) < 4.78 is 1.01. The van der Waals surface area contributed by atoms with Crippen LogP contribution >= 0.6 is 15.9 Å². The topological polar surface area (TPSA) is 24.9 Å². The number of aromatic nitrogens is 1. The number of hydrogen-bond donors (Lipinski definition) is 1. The summed E-state index contributed by atoms with van der Waals surface area (Å²) in [6.07, 6.45) is 4.13. The van der Waals surface area contributed by atoms with Crippen molar-refractivity contribution in [2.75, 3.05) is 5.32 Å². The Morgan fingerprint density at radius 3 is 2.88 bits per heavy atom. The van der Waals surface area contributed by atoms with E-state index in [1.807, 2.05) is 18.3 Å². The highest BCUT2D eigenvalue weighted by Gasteiger charge is 2.21. The highest BCUT2D eigenvalue weighted by molar-refractivity contribution is 9.10. The van der Waals surface area contributed by atoms with Crippen LogP contribution in [0.5, 0.6) is 0 Å². The number of anilines is 1. The van der Waals surface area contributed by atoms with Crippen LogP contribution in [-0.4, -0.2) is 4.98 Å². The number of pyridine rings is 1. The lowest BCUT2D eigenvalue weighted by atomic mass is 10.1. The first kappa shape index (κ1) is 10.8. The van der Waals surface area contributed by atoms with Crippen molar-refractivity contribution in [1.29, 1.82) is 0 Å². The molecular weight excluding hydrogens is 276 g/mol. The summed E-state index contributed by atoms with van der Waals surface area (Å²) in [5.74, 6) is 0.940. The molecule has 1 atom stereocenters. The van der Waals surface area contributed by atoms with Gasteiger partial charge in [-0.1, -0.05) is 24.3 Å². The maximum Gasteiger partial charge on any atom is 0.126 e. The average Bonchev–Trinajstić information content (AvgIpc) is 2.76. The molecule has 0 bridgehead atoms. The van der Waals surface area contributed by atoms with Crippen molar-refractivity contribution in [3.05, 3.63) is 58.2 Å². The predicted octanol–water partition coefficient (Wildman–Crippen LogP) is 3.94. The highest BCUT2D eigenvalue weighted by atomic mass is 79.9. The Hall–Kier alpha value is -1.35. The third-order valence-electron chi connectivity index (χ3n) is 3.18. The maximum absolute atomic E-state index is 4.36. The SMILES string of the molecule is Brc1ccc(NC2CCc3ccccc32)nc1. The fourth-order valence-electron chi connectivity index (χ4n) is 2.35. The minimum atomic E-state index is 0.403. The predicted molar refractivity (Wildman–Crippen MR) is 73.1 cm³/mol. The molecule has 0 amide bonds. The van der Waals surface area contributed by atoms with Gasteiger partial charge in [0.05, 0.1) is 6.04 Å².